The zero-order valence-electron chi connectivity index (χ0n) is 16.1. The number of nitrogens with one attached hydrogen (secondary N) is 2. The summed E-state index contributed by atoms with van der Waals surface area (Å²) in [5.74, 6) is -1.95. The van der Waals surface area contributed by atoms with E-state index in [2.05, 4.69) is 23.3 Å². The molecule has 0 aliphatic carbocycles. The Labute approximate surface area is 175 Å². The normalized spacial score (nSPS) is 12.9. The van der Waals surface area contributed by atoms with Gasteiger partial charge in [-0.3, -0.25) is 9.59 Å². The average molecular weight is 418 g/mol. The quantitative estimate of drug-likeness (QED) is 0.280. The van der Waals surface area contributed by atoms with Crippen molar-refractivity contribution in [1.82, 2.24) is 10.6 Å². The monoisotopic (exact) mass is 417 g/mol. The van der Waals surface area contributed by atoms with Gasteiger partial charge in [-0.15, -0.1) is 0 Å². The molecule has 2 aromatic carbocycles. The molecule has 2 rings (SSSR count). The number of unbranched alkanes of at least 4 members (excludes halogenated alkanes) is 1. The summed E-state index contributed by atoms with van der Waals surface area (Å²) in [5, 5.41) is 16.4. The van der Waals surface area contributed by atoms with Crippen molar-refractivity contribution in [2.24, 2.45) is 5.73 Å². The Morgan fingerprint density at radius 1 is 1.00 bits per heavy atom. The number of hydrogen-bond acceptors (Lipinski definition) is 5. The van der Waals surface area contributed by atoms with Crippen LogP contribution in [0.1, 0.15) is 24.8 Å². The summed E-state index contributed by atoms with van der Waals surface area (Å²) >= 11 is 4.14. The molecule has 7 nitrogen and oxygen atoms in total. The topological polar surface area (TPSA) is 122 Å². The van der Waals surface area contributed by atoms with E-state index in [0.29, 0.717) is 19.4 Å². The summed E-state index contributed by atoms with van der Waals surface area (Å²) in [6.07, 6.45) is 1.66. The smallest absolute Gasteiger partial charge is 0.326 e. The number of aliphatic carboxylic acids is 1. The maximum atomic E-state index is 12.5. The number of fused-ring (bicyclic) bond motifs is 1. The van der Waals surface area contributed by atoms with Crippen molar-refractivity contribution in [3.05, 3.63) is 48.0 Å². The fourth-order valence-electron chi connectivity index (χ4n) is 3.08. The lowest BCUT2D eigenvalue weighted by atomic mass is 10.0. The summed E-state index contributed by atoms with van der Waals surface area (Å²) in [5.41, 5.74) is 6.27. The van der Waals surface area contributed by atoms with Crippen LogP contribution in [0, 0.1) is 0 Å². The highest BCUT2D eigenvalue weighted by Gasteiger charge is 2.25. The average Bonchev–Trinajstić information content (AvgIpc) is 2.71. The largest absolute Gasteiger partial charge is 0.480 e. The standard InChI is InChI=1S/C21H27N3O4S/c22-11-4-3-10-17(21(27)28)24-20(26)18(13-29)23-19(25)12-15-8-5-7-14-6-1-2-9-16(14)15/h1-2,5-9,17-18,29H,3-4,10-13,22H2,(H,23,25)(H,24,26)(H,27,28)/t17-,18?/m0/s1. The van der Waals surface area contributed by atoms with Gasteiger partial charge in [0.25, 0.3) is 0 Å². The second-order valence-corrected chi connectivity index (χ2v) is 7.17. The number of thiol groups is 1. The summed E-state index contributed by atoms with van der Waals surface area (Å²) in [6, 6.07) is 11.5. The van der Waals surface area contributed by atoms with Gasteiger partial charge in [0, 0.05) is 5.75 Å². The number of rotatable bonds is 11. The molecule has 0 aromatic heterocycles. The second-order valence-electron chi connectivity index (χ2n) is 6.80. The van der Waals surface area contributed by atoms with Crippen LogP contribution in [0.2, 0.25) is 0 Å². The molecule has 8 heteroatoms. The summed E-state index contributed by atoms with van der Waals surface area (Å²) < 4.78 is 0. The molecule has 2 aromatic rings. The van der Waals surface area contributed by atoms with Gasteiger partial charge < -0.3 is 21.5 Å². The number of carbonyl (C=O) groups excluding carboxylic acids is 2. The van der Waals surface area contributed by atoms with Crippen LogP contribution in [0.5, 0.6) is 0 Å². The maximum Gasteiger partial charge on any atom is 0.326 e. The molecular formula is C21H27N3O4S. The first-order chi connectivity index (χ1) is 14.0. The van der Waals surface area contributed by atoms with Crippen LogP contribution < -0.4 is 16.4 Å². The fourth-order valence-corrected chi connectivity index (χ4v) is 3.34. The molecule has 156 valence electrons. The van der Waals surface area contributed by atoms with Gasteiger partial charge in [-0.05, 0) is 42.1 Å². The van der Waals surface area contributed by atoms with Crippen LogP contribution in [0.15, 0.2) is 42.5 Å². The van der Waals surface area contributed by atoms with Crippen LogP contribution in [0.3, 0.4) is 0 Å². The molecule has 0 spiro atoms. The molecule has 5 N–H and O–H groups in total. The van der Waals surface area contributed by atoms with Crippen LogP contribution in [-0.4, -0.2) is 47.3 Å². The van der Waals surface area contributed by atoms with E-state index in [4.69, 9.17) is 5.73 Å². The molecular weight excluding hydrogens is 390 g/mol. The van der Waals surface area contributed by atoms with Gasteiger partial charge in [0.1, 0.15) is 12.1 Å². The lowest BCUT2D eigenvalue weighted by molar-refractivity contribution is -0.142. The van der Waals surface area contributed by atoms with Crippen LogP contribution >= 0.6 is 12.6 Å². The Balaban J connectivity index is 1.99. The molecule has 0 aliphatic heterocycles. The Morgan fingerprint density at radius 2 is 1.72 bits per heavy atom. The third kappa shape index (κ3) is 6.76. The second kappa shape index (κ2) is 11.4. The molecule has 0 bridgehead atoms. The Kier molecular flexibility index (Phi) is 8.95. The minimum Gasteiger partial charge on any atom is -0.480 e. The van der Waals surface area contributed by atoms with Gasteiger partial charge in [0.15, 0.2) is 0 Å². The number of carboxylic acid groups (broad SMARTS) is 1. The van der Waals surface area contributed by atoms with Crippen LogP contribution in [0.25, 0.3) is 10.8 Å². The number of nitrogens with two attached hydrogens (primary N) is 1. The molecule has 0 saturated carbocycles. The van der Waals surface area contributed by atoms with Gasteiger partial charge >= 0.3 is 5.97 Å². The van der Waals surface area contributed by atoms with E-state index in [0.717, 1.165) is 16.3 Å². The highest BCUT2D eigenvalue weighted by molar-refractivity contribution is 7.80. The van der Waals surface area contributed by atoms with Crippen molar-refractivity contribution in [2.45, 2.75) is 37.8 Å². The SMILES string of the molecule is NCCCC[C@H](NC(=O)C(CS)NC(=O)Cc1cccc2ccccc12)C(=O)O. The molecule has 0 saturated heterocycles. The van der Waals surface area contributed by atoms with Gasteiger partial charge in [-0.2, -0.15) is 12.6 Å². The molecule has 0 radical (unpaired) electrons. The highest BCUT2D eigenvalue weighted by Crippen LogP contribution is 2.18. The minimum absolute atomic E-state index is 0.0578. The lowest BCUT2D eigenvalue weighted by Crippen LogP contribution is -2.52. The zero-order valence-corrected chi connectivity index (χ0v) is 17.0. The van der Waals surface area contributed by atoms with Crippen molar-refractivity contribution in [2.75, 3.05) is 12.3 Å². The molecule has 2 atom stereocenters. The number of hydrogen-bond donors (Lipinski definition) is 5. The number of amides is 2. The molecule has 1 unspecified atom stereocenters. The minimum atomic E-state index is -1.12. The molecule has 0 aliphatic rings. The third-order valence-electron chi connectivity index (χ3n) is 4.63. The predicted molar refractivity (Wildman–Crippen MR) is 116 cm³/mol. The van der Waals surface area contributed by atoms with E-state index in [9.17, 15) is 19.5 Å². The van der Waals surface area contributed by atoms with Crippen molar-refractivity contribution < 1.29 is 19.5 Å². The fraction of sp³-hybridized carbons (Fsp3) is 0.381. The van der Waals surface area contributed by atoms with E-state index in [-0.39, 0.29) is 24.5 Å². The van der Waals surface area contributed by atoms with Crippen molar-refractivity contribution in [1.29, 1.82) is 0 Å². The van der Waals surface area contributed by atoms with Crippen LogP contribution in [-0.2, 0) is 20.8 Å². The molecule has 0 heterocycles. The van der Waals surface area contributed by atoms with Gasteiger partial charge in [-0.25, -0.2) is 4.79 Å². The zero-order chi connectivity index (χ0) is 21.2. The van der Waals surface area contributed by atoms with Crippen LogP contribution in [0.4, 0.5) is 0 Å². The summed E-state index contributed by atoms with van der Waals surface area (Å²) in [6.45, 7) is 0.462. The van der Waals surface area contributed by atoms with E-state index >= 15 is 0 Å². The van der Waals surface area contributed by atoms with Crippen molar-refractivity contribution in [3.63, 3.8) is 0 Å². The van der Waals surface area contributed by atoms with E-state index in [1.54, 1.807) is 0 Å². The Bertz CT molecular complexity index is 853. The Hall–Kier alpha value is -2.58. The van der Waals surface area contributed by atoms with Crippen molar-refractivity contribution >= 4 is 41.2 Å². The van der Waals surface area contributed by atoms with E-state index in [1.165, 1.54) is 0 Å². The van der Waals surface area contributed by atoms with Gasteiger partial charge in [0.2, 0.25) is 11.8 Å². The molecule has 0 fully saturated rings. The first-order valence-electron chi connectivity index (χ1n) is 9.56. The van der Waals surface area contributed by atoms with E-state index in [1.807, 2.05) is 42.5 Å². The van der Waals surface area contributed by atoms with E-state index < -0.39 is 24.0 Å². The number of carboxylic acids is 1. The number of carbonyl (C=O) groups is 3. The van der Waals surface area contributed by atoms with Crippen molar-refractivity contribution in [3.8, 4) is 0 Å². The summed E-state index contributed by atoms with van der Waals surface area (Å²) in [4.78, 5) is 36.3. The highest BCUT2D eigenvalue weighted by atomic mass is 32.1. The number of benzene rings is 2. The maximum absolute atomic E-state index is 12.5. The van der Waals surface area contributed by atoms with Gasteiger partial charge in [0.05, 0.1) is 6.42 Å². The molecule has 29 heavy (non-hydrogen) atoms. The summed E-state index contributed by atoms with van der Waals surface area (Å²) in [7, 11) is 0. The molecule has 2 amide bonds. The first kappa shape index (κ1) is 22.7. The predicted octanol–water partition coefficient (Wildman–Crippen LogP) is 1.50. The Morgan fingerprint density at radius 3 is 2.41 bits per heavy atom. The lowest BCUT2D eigenvalue weighted by Gasteiger charge is -2.20. The third-order valence-corrected chi connectivity index (χ3v) is 4.99. The first-order valence-corrected chi connectivity index (χ1v) is 10.2. The van der Waals surface area contributed by atoms with Gasteiger partial charge in [-0.1, -0.05) is 42.5 Å².